The van der Waals surface area contributed by atoms with Gasteiger partial charge in [0.15, 0.2) is 5.76 Å². The Balaban J connectivity index is 1.87. The Hall–Kier alpha value is -1.32. The molecule has 2 aromatic rings. The van der Waals surface area contributed by atoms with Crippen LogP contribution in [-0.4, -0.2) is 11.7 Å². The molecule has 0 radical (unpaired) electrons. The van der Waals surface area contributed by atoms with E-state index < -0.39 is 0 Å². The van der Waals surface area contributed by atoms with Crippen molar-refractivity contribution in [1.82, 2.24) is 10.5 Å². The molecule has 19 heavy (non-hydrogen) atoms. The second kappa shape index (κ2) is 5.35. The summed E-state index contributed by atoms with van der Waals surface area (Å²) in [7, 11) is 0. The number of nitrogens with one attached hydrogen (secondary N) is 1. The topological polar surface area (TPSA) is 38.1 Å². The number of hydrogen-bond acceptors (Lipinski definition) is 3. The molecular weight excluding hydrogens is 260 g/mol. The molecule has 0 unspecified atom stereocenters. The molecule has 1 aromatic carbocycles. The molecule has 0 saturated carbocycles. The van der Waals surface area contributed by atoms with Crippen LogP contribution in [0.3, 0.4) is 0 Å². The first-order valence-electron chi connectivity index (χ1n) is 6.67. The van der Waals surface area contributed by atoms with Gasteiger partial charge in [0.1, 0.15) is 0 Å². The van der Waals surface area contributed by atoms with Gasteiger partial charge in [-0.1, -0.05) is 28.9 Å². The molecular formula is C15H17ClN2O. The highest BCUT2D eigenvalue weighted by Gasteiger charge is 2.25. The molecule has 0 bridgehead atoms. The first-order chi connectivity index (χ1) is 9.24. The van der Waals surface area contributed by atoms with Crippen LogP contribution in [0.2, 0.25) is 5.02 Å². The number of benzene rings is 1. The third kappa shape index (κ3) is 2.67. The van der Waals surface area contributed by atoms with Crippen LogP contribution < -0.4 is 5.32 Å². The Morgan fingerprint density at radius 3 is 2.84 bits per heavy atom. The Bertz CT molecular complexity index is 556. The van der Waals surface area contributed by atoms with E-state index in [1.807, 2.05) is 19.1 Å². The van der Waals surface area contributed by atoms with Gasteiger partial charge in [0.2, 0.25) is 0 Å². The van der Waals surface area contributed by atoms with Crippen molar-refractivity contribution in [3.8, 4) is 0 Å². The fraction of sp³-hybridized carbons (Fsp3) is 0.400. The van der Waals surface area contributed by atoms with Gasteiger partial charge in [-0.3, -0.25) is 0 Å². The number of rotatable bonds is 3. The maximum atomic E-state index is 5.92. The summed E-state index contributed by atoms with van der Waals surface area (Å²) >= 11 is 5.92. The monoisotopic (exact) mass is 276 g/mol. The average molecular weight is 277 g/mol. The lowest BCUT2D eigenvalue weighted by atomic mass is 10.00. The highest BCUT2D eigenvalue weighted by atomic mass is 35.5. The van der Waals surface area contributed by atoms with Crippen LogP contribution in [-0.2, 0) is 6.42 Å². The fourth-order valence-corrected chi connectivity index (χ4v) is 2.74. The van der Waals surface area contributed by atoms with Gasteiger partial charge < -0.3 is 9.84 Å². The van der Waals surface area contributed by atoms with Crippen LogP contribution in [0.15, 0.2) is 28.8 Å². The van der Waals surface area contributed by atoms with E-state index in [2.05, 4.69) is 22.6 Å². The maximum absolute atomic E-state index is 5.92. The van der Waals surface area contributed by atoms with E-state index in [0.29, 0.717) is 6.04 Å². The molecule has 0 spiro atoms. The van der Waals surface area contributed by atoms with Gasteiger partial charge in [0.05, 0.1) is 11.7 Å². The quantitative estimate of drug-likeness (QED) is 0.930. The predicted octanol–water partition coefficient (Wildman–Crippen LogP) is 3.65. The van der Waals surface area contributed by atoms with Gasteiger partial charge in [0.25, 0.3) is 0 Å². The Morgan fingerprint density at radius 2 is 2.16 bits per heavy atom. The summed E-state index contributed by atoms with van der Waals surface area (Å²) < 4.78 is 5.54. The van der Waals surface area contributed by atoms with E-state index in [4.69, 9.17) is 16.1 Å². The van der Waals surface area contributed by atoms with E-state index in [1.165, 1.54) is 17.5 Å². The van der Waals surface area contributed by atoms with Crippen LogP contribution in [0.4, 0.5) is 0 Å². The molecule has 1 aromatic heterocycles. The Morgan fingerprint density at radius 1 is 1.37 bits per heavy atom. The van der Waals surface area contributed by atoms with Crippen molar-refractivity contribution in [3.63, 3.8) is 0 Å². The van der Waals surface area contributed by atoms with Gasteiger partial charge in [-0.05, 0) is 44.0 Å². The number of hydrogen-bond donors (Lipinski definition) is 1. The third-order valence-corrected chi connectivity index (χ3v) is 3.94. The van der Waals surface area contributed by atoms with E-state index in [1.54, 1.807) is 0 Å². The van der Waals surface area contributed by atoms with E-state index >= 15 is 0 Å². The molecule has 100 valence electrons. The van der Waals surface area contributed by atoms with Crippen molar-refractivity contribution in [1.29, 1.82) is 0 Å². The Labute approximate surface area is 117 Å². The first-order valence-corrected chi connectivity index (χ1v) is 7.04. The normalized spacial score (nSPS) is 18.9. The van der Waals surface area contributed by atoms with E-state index in [9.17, 15) is 0 Å². The average Bonchev–Trinajstić information content (AvgIpc) is 3.03. The molecule has 1 fully saturated rings. The lowest BCUT2D eigenvalue weighted by molar-refractivity contribution is 0.347. The minimum absolute atomic E-state index is 0.323. The van der Waals surface area contributed by atoms with Crippen LogP contribution in [0.5, 0.6) is 0 Å². The van der Waals surface area contributed by atoms with E-state index in [0.717, 1.165) is 35.9 Å². The van der Waals surface area contributed by atoms with Crippen LogP contribution in [0, 0.1) is 6.92 Å². The molecule has 1 aliphatic rings. The highest BCUT2D eigenvalue weighted by Crippen LogP contribution is 2.29. The van der Waals surface area contributed by atoms with E-state index in [-0.39, 0.29) is 0 Å². The maximum Gasteiger partial charge on any atom is 0.157 e. The second-order valence-electron chi connectivity index (χ2n) is 5.06. The number of halogens is 1. The molecule has 1 N–H and O–H groups in total. The molecule has 4 heteroatoms. The van der Waals surface area contributed by atoms with Crippen LogP contribution in [0.25, 0.3) is 0 Å². The summed E-state index contributed by atoms with van der Waals surface area (Å²) in [5.41, 5.74) is 3.43. The summed E-state index contributed by atoms with van der Waals surface area (Å²) in [5.74, 6) is 1.00. The molecule has 1 saturated heterocycles. The zero-order valence-corrected chi connectivity index (χ0v) is 11.7. The molecule has 1 atom stereocenters. The minimum atomic E-state index is 0.323. The highest BCUT2D eigenvalue weighted by molar-refractivity contribution is 6.30. The molecule has 0 amide bonds. The van der Waals surface area contributed by atoms with Crippen molar-refractivity contribution in [2.24, 2.45) is 0 Å². The molecule has 3 nitrogen and oxygen atoms in total. The molecule has 3 rings (SSSR count). The fourth-order valence-electron chi connectivity index (χ4n) is 2.61. The number of aromatic nitrogens is 1. The van der Waals surface area contributed by atoms with Gasteiger partial charge in [0, 0.05) is 17.0 Å². The van der Waals surface area contributed by atoms with Gasteiger partial charge in [-0.2, -0.15) is 0 Å². The predicted molar refractivity (Wildman–Crippen MR) is 75.5 cm³/mol. The van der Waals surface area contributed by atoms with Gasteiger partial charge in [-0.25, -0.2) is 0 Å². The SMILES string of the molecule is Cc1noc([C@H]2CCCN2)c1Cc1ccc(Cl)cc1. The van der Waals surface area contributed by atoms with Crippen molar-refractivity contribution in [3.05, 3.63) is 51.9 Å². The Kier molecular flexibility index (Phi) is 3.58. The van der Waals surface area contributed by atoms with Gasteiger partial charge >= 0.3 is 0 Å². The standard InChI is InChI=1S/C15H17ClN2O/c1-10-13(9-11-4-6-12(16)7-5-11)15(19-18-10)14-3-2-8-17-14/h4-7,14,17H,2-3,8-9H2,1H3/t14-/m1/s1. The minimum Gasteiger partial charge on any atom is -0.359 e. The summed E-state index contributed by atoms with van der Waals surface area (Å²) in [5, 5.41) is 8.37. The summed E-state index contributed by atoms with van der Waals surface area (Å²) in [4.78, 5) is 0. The zero-order chi connectivity index (χ0) is 13.2. The zero-order valence-electron chi connectivity index (χ0n) is 10.9. The molecule has 2 heterocycles. The van der Waals surface area contributed by atoms with Crippen LogP contribution in [0.1, 0.15) is 41.5 Å². The van der Waals surface area contributed by atoms with Crippen molar-refractivity contribution in [2.75, 3.05) is 6.54 Å². The van der Waals surface area contributed by atoms with Crippen molar-refractivity contribution >= 4 is 11.6 Å². The van der Waals surface area contributed by atoms with Crippen molar-refractivity contribution < 1.29 is 4.52 Å². The van der Waals surface area contributed by atoms with Crippen LogP contribution >= 0.6 is 11.6 Å². The summed E-state index contributed by atoms with van der Waals surface area (Å²) in [6, 6.07) is 8.28. The first kappa shape index (κ1) is 12.7. The smallest absolute Gasteiger partial charge is 0.157 e. The van der Waals surface area contributed by atoms with Crippen molar-refractivity contribution in [2.45, 2.75) is 32.2 Å². The largest absolute Gasteiger partial charge is 0.359 e. The summed E-state index contributed by atoms with van der Waals surface area (Å²) in [6.45, 7) is 3.07. The van der Waals surface area contributed by atoms with Gasteiger partial charge in [-0.15, -0.1) is 0 Å². The third-order valence-electron chi connectivity index (χ3n) is 3.69. The lowest BCUT2D eigenvalue weighted by Crippen LogP contribution is -2.13. The molecule has 0 aliphatic carbocycles. The lowest BCUT2D eigenvalue weighted by Gasteiger charge is -2.09. The summed E-state index contributed by atoms with van der Waals surface area (Å²) in [6.07, 6.45) is 3.17. The number of nitrogens with zero attached hydrogens (tertiary/aromatic N) is 1. The second-order valence-corrected chi connectivity index (χ2v) is 5.50. The number of aryl methyl sites for hydroxylation is 1. The molecule has 1 aliphatic heterocycles.